The number of carbonyl (C=O) groups excluding carboxylic acids is 8. The highest BCUT2D eigenvalue weighted by Crippen LogP contribution is 2.49. The van der Waals surface area contributed by atoms with Gasteiger partial charge in [-0.2, -0.15) is 0 Å². The number of piperidine rings is 4. The molecule has 12 aliphatic rings. The lowest BCUT2D eigenvalue weighted by Gasteiger charge is -2.40. The fourth-order valence-electron chi connectivity index (χ4n) is 22.6. The molecule has 0 unspecified atom stereocenters. The SMILES string of the molecule is CC1CCC(C(=O)N(c2cc(C3=CCCCC3)sc2C(=O)O)C2CCN(CC(F)F)CC2)CC1.COC(=O)c1sc(C2=CCCCC2)cc1N(C(=O)C1CCC(C)CC1)C1CCN(C(=O)OC(C)(C)C)CC1.COC(=O)c1sc(C2=CCCCC2)cc1N(C(=O)C1CCC(C)CC1)C1CCN(CC(F)F)CC1.COC(=O)c1sc(C2=CCCCC2)cc1N(C(=O)C1CCC(C)CC1)C1CCNCC1. The largest absolute Gasteiger partial charge is 0.477 e. The number of allylic oxidation sites excluding steroid dienone is 8. The molecule has 762 valence electrons. The predicted octanol–water partition coefficient (Wildman–Crippen LogP) is 25.1. The fourth-order valence-corrected chi connectivity index (χ4v) is 27.1. The lowest BCUT2D eigenvalue weighted by atomic mass is 9.82. The Kier molecular flexibility index (Phi) is 40.2. The molecule has 30 heteroatoms. The number of hydrogen-bond acceptors (Lipinski definition) is 20. The van der Waals surface area contributed by atoms with Crippen LogP contribution in [0.3, 0.4) is 0 Å². The Labute approximate surface area is 832 Å². The molecule has 0 aromatic carbocycles. The van der Waals surface area contributed by atoms with E-state index in [4.69, 9.17) is 18.9 Å². The van der Waals surface area contributed by atoms with Crippen LogP contribution in [0.5, 0.6) is 0 Å². The zero-order valence-electron chi connectivity index (χ0n) is 83.6. The van der Waals surface area contributed by atoms with Crippen LogP contribution in [-0.4, -0.2) is 203 Å². The van der Waals surface area contributed by atoms with Crippen LogP contribution < -0.4 is 24.9 Å². The highest BCUT2D eigenvalue weighted by molar-refractivity contribution is 7.17. The summed E-state index contributed by atoms with van der Waals surface area (Å²) in [7, 11) is 4.22. The van der Waals surface area contributed by atoms with Gasteiger partial charge in [0.15, 0.2) is 0 Å². The summed E-state index contributed by atoms with van der Waals surface area (Å²) in [5.41, 5.74) is 7.07. The van der Waals surface area contributed by atoms with E-state index < -0.39 is 36.4 Å². The average molecular weight is 1990 g/mol. The van der Waals surface area contributed by atoms with Crippen LogP contribution in [0, 0.1) is 47.3 Å². The van der Waals surface area contributed by atoms with E-state index in [9.17, 15) is 65.8 Å². The number of carboxylic acid groups (broad SMARTS) is 1. The fraction of sp³-hybridized carbons (Fsp3) is 0.694. The molecule has 138 heavy (non-hydrogen) atoms. The van der Waals surface area contributed by atoms with Crippen molar-refractivity contribution in [3.8, 4) is 0 Å². The van der Waals surface area contributed by atoms with Gasteiger partial charge in [0.25, 0.3) is 12.9 Å². The van der Waals surface area contributed by atoms with Gasteiger partial charge >= 0.3 is 30.0 Å². The molecule has 4 saturated carbocycles. The number of ether oxygens (including phenoxy) is 4. The topological polar surface area (TPSA) is 245 Å². The Hall–Kier alpha value is -7.61. The minimum Gasteiger partial charge on any atom is -0.477 e. The van der Waals surface area contributed by atoms with E-state index in [2.05, 4.69) is 69.4 Å². The number of rotatable bonds is 24. The minimum absolute atomic E-state index is 0.0173. The summed E-state index contributed by atoms with van der Waals surface area (Å²) in [5.74, 6) is 0.706. The van der Waals surface area contributed by atoms with E-state index in [-0.39, 0.29) is 101 Å². The van der Waals surface area contributed by atoms with Gasteiger partial charge < -0.3 is 53.9 Å². The van der Waals surface area contributed by atoms with Crippen molar-refractivity contribution in [2.24, 2.45) is 47.3 Å². The smallest absolute Gasteiger partial charge is 0.410 e. The van der Waals surface area contributed by atoms with Crippen LogP contribution in [0.4, 0.5) is 45.1 Å². The molecule has 4 saturated heterocycles. The Morgan fingerprint density at radius 3 is 0.870 bits per heavy atom. The second kappa shape index (κ2) is 51.6. The van der Waals surface area contributed by atoms with Crippen LogP contribution in [0.25, 0.3) is 22.3 Å². The Morgan fingerprint density at radius 2 is 0.630 bits per heavy atom. The standard InChI is InChI=1S/C30H44N2O5S.C27H38F2N2O3S.C26H36F2N2O3S.C25H36N2O3S/c1-20-11-13-22(14-12-20)27(33)32(23-15-17-31(18-16-23)29(35)37-30(2,3)4)24-19-25(21-9-7-6-8-10-21)38-26(24)28(34)36-5;1-18-8-10-20(11-9-18)26(32)31(21-12-14-30(15-13-21)17-24(28)29)22-16-23(19-6-4-3-5-7-19)35-25(22)27(33)34-2;1-17-7-9-19(10-8-17)25(31)30(20-11-13-29(14-12-20)16-23(27)28)21-15-22(34-24(21)26(32)33)18-5-3-2-4-6-18;1-17-8-10-19(11-9-17)24(28)27(20-12-14-26-15-13-20)21-16-22(18-6-4-3-5-7-18)31-23(21)25(29)30-2/h9,19-20,22-23H,6-8,10-18H2,1-5H3;6,16,18,20-21,24H,3-5,7-15,17H2,1-2H3;5,15,17,19-20,23H,2-4,6-14,16H2,1H3,(H,32,33);6,16-17,19-20,26H,3-5,7-15H2,1-2H3. The molecule has 8 heterocycles. The Morgan fingerprint density at radius 1 is 0.377 bits per heavy atom. The number of anilines is 4. The molecule has 0 bridgehead atoms. The maximum absolute atomic E-state index is 14.2. The molecule has 0 spiro atoms. The molecule has 8 fully saturated rings. The predicted molar refractivity (Wildman–Crippen MR) is 546 cm³/mol. The first-order chi connectivity index (χ1) is 66.3. The summed E-state index contributed by atoms with van der Waals surface area (Å²) in [6.07, 6.45) is 42.3. The second-order valence-corrected chi connectivity index (χ2v) is 46.4. The van der Waals surface area contributed by atoms with Crippen molar-refractivity contribution in [1.29, 1.82) is 0 Å². The normalized spacial score (nSPS) is 24.2. The summed E-state index contributed by atoms with van der Waals surface area (Å²) in [4.78, 5) is 138. The van der Waals surface area contributed by atoms with Crippen LogP contribution in [0.2, 0.25) is 0 Å². The first-order valence-electron chi connectivity index (χ1n) is 52.2. The number of likely N-dealkylation sites (tertiary alicyclic amines) is 3. The van der Waals surface area contributed by atoms with Crippen LogP contribution in [0.15, 0.2) is 48.6 Å². The van der Waals surface area contributed by atoms with Crippen LogP contribution in [0.1, 0.15) is 363 Å². The summed E-state index contributed by atoms with van der Waals surface area (Å²) < 4.78 is 72.7. The summed E-state index contributed by atoms with van der Waals surface area (Å²) in [6, 6.07) is 7.87. The molecule has 2 N–H and O–H groups in total. The number of aromatic carboxylic acids is 1. The molecule has 5 amide bonds. The quantitative estimate of drug-likeness (QED) is 0.0376. The third-order valence-corrected chi connectivity index (χ3v) is 35.6. The molecular formula is C108H154F4N8O14S4. The van der Waals surface area contributed by atoms with Crippen molar-refractivity contribution in [1.82, 2.24) is 20.0 Å². The van der Waals surface area contributed by atoms with Gasteiger partial charge in [-0.25, -0.2) is 41.5 Å². The molecule has 16 rings (SSSR count). The van der Waals surface area contributed by atoms with Crippen molar-refractivity contribution >= 4 is 144 Å². The van der Waals surface area contributed by atoms with Crippen molar-refractivity contribution < 1.29 is 84.8 Å². The molecule has 8 aliphatic carbocycles. The number of esters is 3. The maximum atomic E-state index is 14.2. The van der Waals surface area contributed by atoms with Gasteiger partial charge in [-0.1, -0.05) is 52.0 Å². The van der Waals surface area contributed by atoms with Gasteiger partial charge in [0, 0.05) is 107 Å². The number of carbonyl (C=O) groups is 9. The van der Waals surface area contributed by atoms with E-state index >= 15 is 0 Å². The number of alkyl halides is 4. The molecule has 4 aromatic rings. The zero-order valence-corrected chi connectivity index (χ0v) is 86.9. The molecule has 0 atom stereocenters. The first-order valence-corrected chi connectivity index (χ1v) is 55.4. The summed E-state index contributed by atoms with van der Waals surface area (Å²) >= 11 is 5.64. The van der Waals surface area contributed by atoms with Crippen molar-refractivity contribution in [3.05, 3.63) is 87.6 Å². The van der Waals surface area contributed by atoms with E-state index in [1.165, 1.54) is 115 Å². The Bertz CT molecular complexity index is 4870. The number of methoxy groups -OCH3 is 3. The monoisotopic (exact) mass is 1990 g/mol. The first kappa shape index (κ1) is 108. The van der Waals surface area contributed by atoms with E-state index in [0.29, 0.717) is 133 Å². The maximum Gasteiger partial charge on any atom is 0.410 e. The van der Waals surface area contributed by atoms with E-state index in [1.54, 1.807) is 19.6 Å². The van der Waals surface area contributed by atoms with Crippen LogP contribution in [-0.2, 0) is 38.1 Å². The summed E-state index contributed by atoms with van der Waals surface area (Å²) in [6.45, 7) is 19.0. The highest BCUT2D eigenvalue weighted by atomic mass is 32.1. The van der Waals surface area contributed by atoms with Gasteiger partial charge in [0.1, 0.15) is 25.1 Å². The van der Waals surface area contributed by atoms with Crippen molar-refractivity contribution in [2.45, 2.75) is 348 Å². The number of nitrogens with one attached hydrogen (secondary N) is 1. The molecule has 0 radical (unpaired) electrons. The second-order valence-electron chi connectivity index (χ2n) is 42.2. The lowest BCUT2D eigenvalue weighted by Crippen LogP contribution is -2.51. The lowest BCUT2D eigenvalue weighted by molar-refractivity contribution is -0.125. The number of amides is 5. The van der Waals surface area contributed by atoms with Crippen LogP contribution >= 0.6 is 45.3 Å². The average Bonchev–Trinajstić information content (AvgIpc) is 1.65. The van der Waals surface area contributed by atoms with E-state index in [0.717, 1.165) is 231 Å². The van der Waals surface area contributed by atoms with Gasteiger partial charge in [-0.3, -0.25) is 29.0 Å². The number of halogens is 4. The molecule has 4 aliphatic heterocycles. The zero-order chi connectivity index (χ0) is 98.4. The van der Waals surface area contributed by atoms with Crippen molar-refractivity contribution in [3.63, 3.8) is 0 Å². The summed E-state index contributed by atoms with van der Waals surface area (Å²) in [5, 5.41) is 13.5. The number of hydrogen-bond donors (Lipinski definition) is 2. The van der Waals surface area contributed by atoms with E-state index in [1.807, 2.05) is 47.6 Å². The number of nitrogens with zero attached hydrogens (tertiary/aromatic N) is 7. The Balaban J connectivity index is 0.000000156. The number of carboxylic acids is 1. The number of thiophene rings is 4. The minimum atomic E-state index is -2.37. The highest BCUT2D eigenvalue weighted by Gasteiger charge is 2.45. The molecule has 4 aromatic heterocycles. The third kappa shape index (κ3) is 28.7. The van der Waals surface area contributed by atoms with Gasteiger partial charge in [0.05, 0.1) is 57.2 Å². The van der Waals surface area contributed by atoms with Crippen molar-refractivity contribution in [2.75, 3.05) is 106 Å². The van der Waals surface area contributed by atoms with Gasteiger partial charge in [0.2, 0.25) is 23.6 Å². The van der Waals surface area contributed by atoms with Gasteiger partial charge in [-0.15, -0.1) is 45.3 Å². The third-order valence-electron chi connectivity index (χ3n) is 30.8. The van der Waals surface area contributed by atoms with Gasteiger partial charge in [-0.05, 0) is 361 Å². The molecular weight excluding hydrogens is 1840 g/mol. The molecule has 22 nitrogen and oxygen atoms in total.